The van der Waals surface area contributed by atoms with E-state index in [1.807, 2.05) is 12.3 Å². The van der Waals surface area contributed by atoms with Gasteiger partial charge in [-0.05, 0) is 49.4 Å². The first-order valence-corrected chi connectivity index (χ1v) is 8.83. The molecule has 0 aliphatic heterocycles. The SMILES string of the molecule is Cc1nc(CN(C(=O)c2cccc(OC(F)F)c2)c2ccc(F)cc2)cs1. The quantitative estimate of drug-likeness (QED) is 0.590. The van der Waals surface area contributed by atoms with Crippen LogP contribution < -0.4 is 9.64 Å². The molecule has 0 unspecified atom stereocenters. The zero-order chi connectivity index (χ0) is 19.4. The van der Waals surface area contributed by atoms with Crippen LogP contribution >= 0.6 is 11.3 Å². The highest BCUT2D eigenvalue weighted by Gasteiger charge is 2.20. The zero-order valence-electron chi connectivity index (χ0n) is 14.2. The van der Waals surface area contributed by atoms with Gasteiger partial charge in [-0.25, -0.2) is 9.37 Å². The van der Waals surface area contributed by atoms with Gasteiger partial charge in [0.25, 0.3) is 5.91 Å². The number of nitrogens with zero attached hydrogens (tertiary/aromatic N) is 2. The number of amides is 1. The molecule has 3 aromatic rings. The third kappa shape index (κ3) is 4.85. The molecule has 0 aliphatic carbocycles. The molecule has 8 heteroatoms. The van der Waals surface area contributed by atoms with E-state index >= 15 is 0 Å². The molecule has 27 heavy (non-hydrogen) atoms. The standard InChI is InChI=1S/C19H15F3N2O2S/c1-12-23-15(11-27-12)10-24(16-7-5-14(20)6-8-16)18(25)13-3-2-4-17(9-13)26-19(21)22/h2-9,11,19H,10H2,1H3. The molecule has 1 aromatic heterocycles. The maximum absolute atomic E-state index is 13.3. The van der Waals surface area contributed by atoms with Gasteiger partial charge in [0.1, 0.15) is 11.6 Å². The van der Waals surface area contributed by atoms with Gasteiger partial charge in [0.2, 0.25) is 0 Å². The van der Waals surface area contributed by atoms with Gasteiger partial charge in [-0.1, -0.05) is 6.07 Å². The van der Waals surface area contributed by atoms with Crippen molar-refractivity contribution in [1.29, 1.82) is 0 Å². The van der Waals surface area contributed by atoms with Gasteiger partial charge in [0, 0.05) is 16.6 Å². The Bertz CT molecular complexity index is 929. The Labute approximate surface area is 157 Å². The summed E-state index contributed by atoms with van der Waals surface area (Å²) in [4.78, 5) is 18.8. The van der Waals surface area contributed by atoms with Gasteiger partial charge in [-0.2, -0.15) is 8.78 Å². The smallest absolute Gasteiger partial charge is 0.387 e. The van der Waals surface area contributed by atoms with Crippen LogP contribution in [0.4, 0.5) is 18.9 Å². The van der Waals surface area contributed by atoms with E-state index in [4.69, 9.17) is 0 Å². The number of anilines is 1. The van der Waals surface area contributed by atoms with Crippen molar-refractivity contribution in [2.75, 3.05) is 4.90 Å². The minimum absolute atomic E-state index is 0.112. The van der Waals surface area contributed by atoms with Crippen LogP contribution in [0.3, 0.4) is 0 Å². The highest BCUT2D eigenvalue weighted by atomic mass is 32.1. The number of ether oxygens (including phenoxy) is 1. The number of hydrogen-bond acceptors (Lipinski definition) is 4. The maximum atomic E-state index is 13.3. The van der Waals surface area contributed by atoms with Crippen LogP contribution in [0.15, 0.2) is 53.9 Å². The summed E-state index contributed by atoms with van der Waals surface area (Å²) in [7, 11) is 0. The van der Waals surface area contributed by atoms with Gasteiger partial charge in [-0.15, -0.1) is 11.3 Å². The normalized spacial score (nSPS) is 10.9. The van der Waals surface area contributed by atoms with E-state index in [0.717, 1.165) is 5.01 Å². The highest BCUT2D eigenvalue weighted by molar-refractivity contribution is 7.09. The van der Waals surface area contributed by atoms with E-state index in [1.54, 1.807) is 0 Å². The summed E-state index contributed by atoms with van der Waals surface area (Å²) in [6, 6.07) is 11.0. The second-order valence-corrected chi connectivity index (χ2v) is 6.69. The second kappa shape index (κ2) is 8.22. The Morgan fingerprint density at radius 3 is 2.59 bits per heavy atom. The zero-order valence-corrected chi connectivity index (χ0v) is 15.1. The largest absolute Gasteiger partial charge is 0.435 e. The van der Waals surface area contributed by atoms with Crippen LogP contribution in [0.2, 0.25) is 0 Å². The van der Waals surface area contributed by atoms with Crippen LogP contribution in [-0.2, 0) is 6.54 Å². The van der Waals surface area contributed by atoms with Gasteiger partial charge in [0.15, 0.2) is 0 Å². The predicted octanol–water partition coefficient (Wildman–Crippen LogP) is 5.04. The molecular weight excluding hydrogens is 377 g/mol. The molecular formula is C19H15F3N2O2S. The predicted molar refractivity (Wildman–Crippen MR) is 96.8 cm³/mol. The van der Waals surface area contributed by atoms with Crippen LogP contribution in [0.1, 0.15) is 21.1 Å². The lowest BCUT2D eigenvalue weighted by molar-refractivity contribution is -0.0498. The molecule has 0 N–H and O–H groups in total. The Balaban J connectivity index is 1.94. The molecule has 0 bridgehead atoms. The molecule has 0 fully saturated rings. The van der Waals surface area contributed by atoms with E-state index in [1.165, 1.54) is 64.8 Å². The molecule has 2 aromatic carbocycles. The van der Waals surface area contributed by atoms with Crippen LogP contribution in [0, 0.1) is 12.7 Å². The van der Waals surface area contributed by atoms with E-state index in [9.17, 15) is 18.0 Å². The number of carbonyl (C=O) groups is 1. The van der Waals surface area contributed by atoms with Crippen molar-refractivity contribution in [2.24, 2.45) is 0 Å². The Morgan fingerprint density at radius 2 is 1.96 bits per heavy atom. The fraction of sp³-hybridized carbons (Fsp3) is 0.158. The number of benzene rings is 2. The number of alkyl halides is 2. The van der Waals surface area contributed by atoms with Crippen molar-refractivity contribution in [2.45, 2.75) is 20.1 Å². The summed E-state index contributed by atoms with van der Waals surface area (Å²) in [5.41, 5.74) is 1.31. The lowest BCUT2D eigenvalue weighted by Gasteiger charge is -2.22. The van der Waals surface area contributed by atoms with Gasteiger partial charge < -0.3 is 9.64 Å². The summed E-state index contributed by atoms with van der Waals surface area (Å²) in [5.74, 6) is -0.977. The molecule has 1 heterocycles. The fourth-order valence-corrected chi connectivity index (χ4v) is 3.11. The first-order valence-electron chi connectivity index (χ1n) is 7.95. The van der Waals surface area contributed by atoms with Crippen molar-refractivity contribution < 1.29 is 22.7 Å². The number of halogens is 3. The molecule has 0 saturated carbocycles. The van der Waals surface area contributed by atoms with Crippen molar-refractivity contribution in [3.8, 4) is 5.75 Å². The highest BCUT2D eigenvalue weighted by Crippen LogP contribution is 2.24. The summed E-state index contributed by atoms with van der Waals surface area (Å²) in [5, 5.41) is 2.68. The van der Waals surface area contributed by atoms with Crippen LogP contribution in [0.25, 0.3) is 0 Å². The monoisotopic (exact) mass is 392 g/mol. The molecule has 4 nitrogen and oxygen atoms in total. The van der Waals surface area contributed by atoms with E-state index in [2.05, 4.69) is 9.72 Å². The molecule has 3 rings (SSSR count). The van der Waals surface area contributed by atoms with Gasteiger partial charge in [0.05, 0.1) is 17.2 Å². The summed E-state index contributed by atoms with van der Waals surface area (Å²) >= 11 is 1.45. The van der Waals surface area contributed by atoms with Crippen molar-refractivity contribution in [1.82, 2.24) is 4.98 Å². The molecule has 0 saturated heterocycles. The third-order valence-corrected chi connectivity index (χ3v) is 4.50. The number of aryl methyl sites for hydroxylation is 1. The number of aromatic nitrogens is 1. The summed E-state index contributed by atoms with van der Waals surface area (Å²) < 4.78 is 42.5. The molecule has 0 atom stereocenters. The number of rotatable bonds is 6. The minimum Gasteiger partial charge on any atom is -0.435 e. The maximum Gasteiger partial charge on any atom is 0.387 e. The third-order valence-electron chi connectivity index (χ3n) is 3.68. The van der Waals surface area contributed by atoms with Gasteiger partial charge >= 0.3 is 6.61 Å². The lowest BCUT2D eigenvalue weighted by Crippen LogP contribution is -2.30. The van der Waals surface area contributed by atoms with E-state index in [0.29, 0.717) is 11.4 Å². The number of hydrogen-bond donors (Lipinski definition) is 0. The molecule has 0 spiro atoms. The lowest BCUT2D eigenvalue weighted by atomic mass is 10.1. The Kier molecular flexibility index (Phi) is 5.75. The minimum atomic E-state index is -2.98. The first-order chi connectivity index (χ1) is 12.9. The molecule has 1 amide bonds. The van der Waals surface area contributed by atoms with Gasteiger partial charge in [-0.3, -0.25) is 4.79 Å². The molecule has 140 valence electrons. The topological polar surface area (TPSA) is 42.4 Å². The number of carbonyl (C=O) groups excluding carboxylic acids is 1. The van der Waals surface area contributed by atoms with E-state index < -0.39 is 18.3 Å². The van der Waals surface area contributed by atoms with Crippen LogP contribution in [0.5, 0.6) is 5.75 Å². The average Bonchev–Trinajstić information content (AvgIpc) is 3.05. The number of thiazole rings is 1. The summed E-state index contributed by atoms with van der Waals surface area (Å²) in [6.07, 6.45) is 0. The van der Waals surface area contributed by atoms with Crippen molar-refractivity contribution in [3.63, 3.8) is 0 Å². The second-order valence-electron chi connectivity index (χ2n) is 5.63. The average molecular weight is 392 g/mol. The van der Waals surface area contributed by atoms with Crippen molar-refractivity contribution >= 4 is 22.9 Å². The Hall–Kier alpha value is -2.87. The fourth-order valence-electron chi connectivity index (χ4n) is 2.51. The molecule has 0 aliphatic rings. The summed E-state index contributed by atoms with van der Waals surface area (Å²) in [6.45, 7) is -0.973. The first kappa shape index (κ1) is 18.9. The van der Waals surface area contributed by atoms with Crippen LogP contribution in [-0.4, -0.2) is 17.5 Å². The Morgan fingerprint density at radius 1 is 1.22 bits per heavy atom. The van der Waals surface area contributed by atoms with Crippen molar-refractivity contribution in [3.05, 3.63) is 76.0 Å². The van der Waals surface area contributed by atoms with E-state index in [-0.39, 0.29) is 17.9 Å². The molecule has 0 radical (unpaired) electrons.